The first-order valence-electron chi connectivity index (χ1n) is 7.97. The van der Waals surface area contributed by atoms with Crippen LogP contribution in [0.5, 0.6) is 0 Å². The molecule has 0 spiro atoms. The minimum atomic E-state index is -4.50. The van der Waals surface area contributed by atoms with E-state index in [-0.39, 0.29) is 16.4 Å². The third-order valence-electron chi connectivity index (χ3n) is 4.11. The van der Waals surface area contributed by atoms with Crippen molar-refractivity contribution in [2.24, 2.45) is 0 Å². The second kappa shape index (κ2) is 7.08. The van der Waals surface area contributed by atoms with Crippen LogP contribution in [0.25, 0.3) is 5.69 Å². The molecule has 1 aromatic carbocycles. The van der Waals surface area contributed by atoms with Crippen molar-refractivity contribution >= 4 is 23.2 Å². The van der Waals surface area contributed by atoms with Gasteiger partial charge in [-0.3, -0.25) is 4.79 Å². The highest BCUT2D eigenvalue weighted by molar-refractivity contribution is 6.29. The van der Waals surface area contributed by atoms with Crippen LogP contribution in [0.15, 0.2) is 48.7 Å². The van der Waals surface area contributed by atoms with Gasteiger partial charge in [-0.25, -0.2) is 4.98 Å². The number of alkyl halides is 3. The summed E-state index contributed by atoms with van der Waals surface area (Å²) in [4.78, 5) is 16.5. The maximum atomic E-state index is 13.4. The molecule has 1 amide bonds. The quantitative estimate of drug-likeness (QED) is 0.604. The van der Waals surface area contributed by atoms with Crippen LogP contribution in [0.4, 0.5) is 18.9 Å². The van der Waals surface area contributed by atoms with Crippen LogP contribution in [-0.4, -0.2) is 15.5 Å². The Kier molecular flexibility index (Phi) is 4.97. The van der Waals surface area contributed by atoms with Crippen molar-refractivity contribution in [2.75, 3.05) is 5.32 Å². The number of hydrogen-bond donors (Lipinski definition) is 1. The Hall–Kier alpha value is -2.80. The van der Waals surface area contributed by atoms with Crippen LogP contribution in [0.1, 0.15) is 27.3 Å². The fourth-order valence-electron chi connectivity index (χ4n) is 2.92. The molecule has 0 atom stereocenters. The molecule has 0 radical (unpaired) electrons. The third-order valence-corrected chi connectivity index (χ3v) is 4.33. The maximum Gasteiger partial charge on any atom is 0.418 e. The fourth-order valence-corrected chi connectivity index (χ4v) is 3.03. The van der Waals surface area contributed by atoms with E-state index in [0.29, 0.717) is 17.1 Å². The van der Waals surface area contributed by atoms with Gasteiger partial charge in [0.2, 0.25) is 0 Å². The zero-order valence-corrected chi connectivity index (χ0v) is 15.2. The molecular formula is C19H15ClF3N3O. The van der Waals surface area contributed by atoms with Crippen LogP contribution in [0.2, 0.25) is 5.15 Å². The number of aromatic nitrogens is 2. The molecule has 0 saturated carbocycles. The van der Waals surface area contributed by atoms with E-state index in [1.54, 1.807) is 26.0 Å². The second-order valence-electron chi connectivity index (χ2n) is 5.96. The predicted molar refractivity (Wildman–Crippen MR) is 97.4 cm³/mol. The highest BCUT2D eigenvalue weighted by Crippen LogP contribution is 2.35. The summed E-state index contributed by atoms with van der Waals surface area (Å²) in [5.41, 5.74) is 0.851. The summed E-state index contributed by atoms with van der Waals surface area (Å²) in [6.07, 6.45) is -3.10. The van der Waals surface area contributed by atoms with Gasteiger partial charge in [0, 0.05) is 11.4 Å². The molecule has 0 fully saturated rings. The van der Waals surface area contributed by atoms with Crippen LogP contribution < -0.4 is 5.32 Å². The summed E-state index contributed by atoms with van der Waals surface area (Å²) in [5, 5.41) is 2.95. The van der Waals surface area contributed by atoms with Gasteiger partial charge in [0.05, 0.1) is 28.7 Å². The predicted octanol–water partition coefficient (Wildman–Crippen LogP) is 5.41. The van der Waals surface area contributed by atoms with Gasteiger partial charge >= 0.3 is 6.18 Å². The number of pyridine rings is 1. The van der Waals surface area contributed by atoms with Crippen LogP contribution in [-0.2, 0) is 6.18 Å². The normalized spacial score (nSPS) is 11.5. The Morgan fingerprint density at radius 1 is 1.15 bits per heavy atom. The van der Waals surface area contributed by atoms with Crippen molar-refractivity contribution in [1.29, 1.82) is 0 Å². The molecule has 8 heteroatoms. The van der Waals surface area contributed by atoms with E-state index in [9.17, 15) is 18.0 Å². The topological polar surface area (TPSA) is 46.9 Å². The summed E-state index contributed by atoms with van der Waals surface area (Å²) in [6, 6.07) is 9.94. The highest BCUT2D eigenvalue weighted by Gasteiger charge is 2.34. The third kappa shape index (κ3) is 3.83. The number of rotatable bonds is 3. The number of nitrogens with one attached hydrogen (secondary N) is 1. The summed E-state index contributed by atoms with van der Waals surface area (Å²) >= 11 is 5.71. The number of carbonyl (C=O) groups is 1. The largest absolute Gasteiger partial charge is 0.418 e. The molecule has 140 valence electrons. The van der Waals surface area contributed by atoms with Crippen LogP contribution >= 0.6 is 11.6 Å². The number of hydrogen-bond acceptors (Lipinski definition) is 2. The Morgan fingerprint density at radius 3 is 2.48 bits per heavy atom. The number of carbonyl (C=O) groups excluding carboxylic acids is 1. The maximum absolute atomic E-state index is 13.4. The van der Waals surface area contributed by atoms with E-state index in [1.165, 1.54) is 35.0 Å². The fraction of sp³-hybridized carbons (Fsp3) is 0.158. The Labute approximate surface area is 158 Å². The molecule has 0 saturated heterocycles. The van der Waals surface area contributed by atoms with Gasteiger partial charge in [0.25, 0.3) is 5.91 Å². The van der Waals surface area contributed by atoms with Gasteiger partial charge in [-0.15, -0.1) is 0 Å². The smallest absolute Gasteiger partial charge is 0.321 e. The van der Waals surface area contributed by atoms with Gasteiger partial charge in [0.15, 0.2) is 0 Å². The summed E-state index contributed by atoms with van der Waals surface area (Å²) < 4.78 is 41.5. The molecule has 0 bridgehead atoms. The Balaban J connectivity index is 2.01. The van der Waals surface area contributed by atoms with Gasteiger partial charge in [-0.1, -0.05) is 23.7 Å². The Morgan fingerprint density at radius 2 is 1.85 bits per heavy atom. The van der Waals surface area contributed by atoms with E-state index in [2.05, 4.69) is 10.3 Å². The molecule has 2 heterocycles. The van der Waals surface area contributed by atoms with Crippen LogP contribution in [0.3, 0.4) is 0 Å². The molecule has 27 heavy (non-hydrogen) atoms. The first kappa shape index (κ1) is 19.0. The van der Waals surface area contributed by atoms with E-state index in [1.807, 2.05) is 0 Å². The number of para-hydroxylation sites is 1. The number of benzene rings is 1. The van der Waals surface area contributed by atoms with Gasteiger partial charge in [-0.05, 0) is 44.2 Å². The molecule has 0 aliphatic carbocycles. The first-order chi connectivity index (χ1) is 12.7. The molecule has 0 aliphatic heterocycles. The lowest BCUT2D eigenvalue weighted by molar-refractivity contribution is -0.137. The van der Waals surface area contributed by atoms with Crippen molar-refractivity contribution in [3.63, 3.8) is 0 Å². The summed E-state index contributed by atoms with van der Waals surface area (Å²) in [7, 11) is 0. The van der Waals surface area contributed by atoms with Gasteiger partial charge in [0.1, 0.15) is 5.15 Å². The number of anilines is 1. The first-order valence-corrected chi connectivity index (χ1v) is 8.34. The highest BCUT2D eigenvalue weighted by atomic mass is 35.5. The summed E-state index contributed by atoms with van der Waals surface area (Å²) in [6.45, 7) is 3.26. The average Bonchev–Trinajstić information content (AvgIpc) is 2.90. The molecule has 3 rings (SSSR count). The number of aryl methyl sites for hydroxylation is 1. The zero-order valence-electron chi connectivity index (χ0n) is 14.4. The standard InChI is InChI=1S/C19H15ClF3N3O/c1-11-9-14(18(27)25-13-7-8-17(20)24-10-13)12(2)26(11)16-6-4-3-5-15(16)19(21,22)23/h3-10H,1-2H3,(H,25,27). The molecule has 1 N–H and O–H groups in total. The van der Waals surface area contributed by atoms with E-state index >= 15 is 0 Å². The number of halogens is 4. The van der Waals surface area contributed by atoms with Crippen molar-refractivity contribution in [3.8, 4) is 5.69 Å². The monoisotopic (exact) mass is 393 g/mol. The van der Waals surface area contributed by atoms with E-state index < -0.39 is 17.6 Å². The zero-order chi connectivity index (χ0) is 19.8. The molecule has 3 aromatic rings. The molecule has 4 nitrogen and oxygen atoms in total. The van der Waals surface area contributed by atoms with Crippen molar-refractivity contribution in [2.45, 2.75) is 20.0 Å². The van der Waals surface area contributed by atoms with Crippen molar-refractivity contribution in [1.82, 2.24) is 9.55 Å². The van der Waals surface area contributed by atoms with Gasteiger partial charge in [-0.2, -0.15) is 13.2 Å². The van der Waals surface area contributed by atoms with E-state index in [0.717, 1.165) is 6.07 Å². The Bertz CT molecular complexity index is 994. The average molecular weight is 394 g/mol. The van der Waals surface area contributed by atoms with E-state index in [4.69, 9.17) is 11.6 Å². The summed E-state index contributed by atoms with van der Waals surface area (Å²) in [5.74, 6) is -0.442. The minimum Gasteiger partial charge on any atom is -0.321 e. The molecule has 0 aliphatic rings. The second-order valence-corrected chi connectivity index (χ2v) is 6.35. The lowest BCUT2D eigenvalue weighted by Crippen LogP contribution is -2.15. The van der Waals surface area contributed by atoms with Crippen molar-refractivity contribution in [3.05, 3.63) is 76.3 Å². The van der Waals surface area contributed by atoms with Crippen molar-refractivity contribution < 1.29 is 18.0 Å². The molecule has 2 aromatic heterocycles. The molecule has 0 unspecified atom stereocenters. The number of amides is 1. The lowest BCUT2D eigenvalue weighted by Gasteiger charge is -2.16. The number of nitrogens with zero attached hydrogens (tertiary/aromatic N) is 2. The van der Waals surface area contributed by atoms with Gasteiger partial charge < -0.3 is 9.88 Å². The van der Waals surface area contributed by atoms with Crippen LogP contribution in [0, 0.1) is 13.8 Å². The SMILES string of the molecule is Cc1cc(C(=O)Nc2ccc(Cl)nc2)c(C)n1-c1ccccc1C(F)(F)F. The minimum absolute atomic E-state index is 0.0211. The lowest BCUT2D eigenvalue weighted by atomic mass is 10.1. The molecular weight excluding hydrogens is 379 g/mol.